The molecule has 0 bridgehead atoms. The molecule has 1 amide bonds. The Kier molecular flexibility index (Phi) is 8.87. The van der Waals surface area contributed by atoms with Crippen molar-refractivity contribution in [2.45, 2.75) is 12.8 Å². The standard InChI is InChI=1S/C7H16N2O2/c10-6-5-8-3-1-2-4-9-7-11/h7-8,10H,1-6H2,(H,9,11). The summed E-state index contributed by atoms with van der Waals surface area (Å²) in [6.45, 7) is 2.49. The molecule has 0 aliphatic carbocycles. The van der Waals surface area contributed by atoms with Crippen LogP contribution in [0.4, 0.5) is 0 Å². The minimum atomic E-state index is 0.187. The normalized spacial score (nSPS) is 9.55. The second-order valence-electron chi connectivity index (χ2n) is 2.25. The minimum absolute atomic E-state index is 0.187. The van der Waals surface area contributed by atoms with Crippen LogP contribution in [0, 0.1) is 0 Å². The first kappa shape index (κ1) is 10.4. The fraction of sp³-hybridized carbons (Fsp3) is 0.857. The summed E-state index contributed by atoms with van der Waals surface area (Å²) < 4.78 is 0. The fourth-order valence-corrected chi connectivity index (χ4v) is 0.740. The van der Waals surface area contributed by atoms with Gasteiger partial charge in [-0.05, 0) is 19.4 Å². The molecule has 0 aliphatic heterocycles. The van der Waals surface area contributed by atoms with E-state index in [2.05, 4.69) is 10.6 Å². The molecule has 66 valence electrons. The SMILES string of the molecule is O=CNCCCCNCCO. The molecule has 0 rings (SSSR count). The molecule has 0 atom stereocenters. The van der Waals surface area contributed by atoms with Crippen LogP contribution >= 0.6 is 0 Å². The van der Waals surface area contributed by atoms with E-state index in [1.807, 2.05) is 0 Å². The molecule has 0 saturated carbocycles. The monoisotopic (exact) mass is 160 g/mol. The van der Waals surface area contributed by atoms with Crippen molar-refractivity contribution >= 4 is 6.41 Å². The first-order valence-electron chi connectivity index (χ1n) is 3.90. The Bertz CT molecular complexity index is 88.5. The lowest BCUT2D eigenvalue weighted by molar-refractivity contribution is -0.109. The van der Waals surface area contributed by atoms with Crippen LogP contribution in [0.25, 0.3) is 0 Å². The average Bonchev–Trinajstić information content (AvgIpc) is 2.03. The smallest absolute Gasteiger partial charge is 0.207 e. The summed E-state index contributed by atoms with van der Waals surface area (Å²) in [7, 11) is 0. The van der Waals surface area contributed by atoms with Gasteiger partial charge in [0.25, 0.3) is 0 Å². The van der Waals surface area contributed by atoms with Crippen molar-refractivity contribution in [3.05, 3.63) is 0 Å². The average molecular weight is 160 g/mol. The molecule has 0 heterocycles. The number of unbranched alkanes of at least 4 members (excludes halogenated alkanes) is 1. The van der Waals surface area contributed by atoms with Crippen LogP contribution in [-0.4, -0.2) is 37.8 Å². The third-order valence-corrected chi connectivity index (χ3v) is 1.30. The number of rotatable bonds is 8. The molecule has 0 radical (unpaired) electrons. The van der Waals surface area contributed by atoms with E-state index in [0.29, 0.717) is 13.0 Å². The van der Waals surface area contributed by atoms with Crippen molar-refractivity contribution in [3.63, 3.8) is 0 Å². The molecule has 0 unspecified atom stereocenters. The molecule has 0 saturated heterocycles. The number of aliphatic hydroxyl groups is 1. The maximum absolute atomic E-state index is 9.78. The minimum Gasteiger partial charge on any atom is -0.395 e. The number of amides is 1. The number of nitrogens with one attached hydrogen (secondary N) is 2. The zero-order chi connectivity index (χ0) is 8.36. The Balaban J connectivity index is 2.74. The van der Waals surface area contributed by atoms with E-state index in [4.69, 9.17) is 5.11 Å². The molecule has 0 aromatic carbocycles. The van der Waals surface area contributed by atoms with Gasteiger partial charge < -0.3 is 15.7 Å². The van der Waals surface area contributed by atoms with Crippen LogP contribution in [-0.2, 0) is 4.79 Å². The van der Waals surface area contributed by atoms with Crippen LogP contribution in [0.5, 0.6) is 0 Å². The maximum Gasteiger partial charge on any atom is 0.207 e. The predicted octanol–water partition coefficient (Wildman–Crippen LogP) is -0.905. The van der Waals surface area contributed by atoms with Crippen molar-refractivity contribution < 1.29 is 9.90 Å². The van der Waals surface area contributed by atoms with Crippen molar-refractivity contribution in [3.8, 4) is 0 Å². The van der Waals surface area contributed by atoms with Gasteiger partial charge in [0, 0.05) is 13.1 Å². The maximum atomic E-state index is 9.78. The molecule has 0 aromatic rings. The van der Waals surface area contributed by atoms with Crippen LogP contribution < -0.4 is 10.6 Å². The van der Waals surface area contributed by atoms with E-state index in [0.717, 1.165) is 25.9 Å². The number of carbonyl (C=O) groups excluding carboxylic acids is 1. The molecular weight excluding hydrogens is 144 g/mol. The number of hydrogen-bond acceptors (Lipinski definition) is 3. The molecule has 4 nitrogen and oxygen atoms in total. The topological polar surface area (TPSA) is 61.4 Å². The molecule has 4 heteroatoms. The Morgan fingerprint density at radius 3 is 2.55 bits per heavy atom. The van der Waals surface area contributed by atoms with Gasteiger partial charge in [0.05, 0.1) is 6.61 Å². The lowest BCUT2D eigenvalue weighted by Crippen LogP contribution is -2.20. The zero-order valence-electron chi connectivity index (χ0n) is 6.68. The van der Waals surface area contributed by atoms with Gasteiger partial charge in [-0.1, -0.05) is 0 Å². The van der Waals surface area contributed by atoms with Gasteiger partial charge in [-0.3, -0.25) is 4.79 Å². The van der Waals surface area contributed by atoms with E-state index < -0.39 is 0 Å². The lowest BCUT2D eigenvalue weighted by atomic mass is 10.3. The highest BCUT2D eigenvalue weighted by atomic mass is 16.3. The van der Waals surface area contributed by atoms with Gasteiger partial charge in [-0.25, -0.2) is 0 Å². The van der Waals surface area contributed by atoms with E-state index in [-0.39, 0.29) is 6.61 Å². The third kappa shape index (κ3) is 9.39. The Morgan fingerprint density at radius 1 is 1.18 bits per heavy atom. The van der Waals surface area contributed by atoms with Gasteiger partial charge in [0.2, 0.25) is 6.41 Å². The van der Waals surface area contributed by atoms with Gasteiger partial charge in [-0.15, -0.1) is 0 Å². The first-order valence-corrected chi connectivity index (χ1v) is 3.90. The van der Waals surface area contributed by atoms with Crippen LogP contribution in [0.2, 0.25) is 0 Å². The summed E-state index contributed by atoms with van der Waals surface area (Å²) in [6, 6.07) is 0. The van der Waals surface area contributed by atoms with Crippen molar-refractivity contribution in [2.75, 3.05) is 26.2 Å². The van der Waals surface area contributed by atoms with Gasteiger partial charge in [0.15, 0.2) is 0 Å². The molecule has 0 spiro atoms. The third-order valence-electron chi connectivity index (χ3n) is 1.30. The second kappa shape index (κ2) is 9.39. The molecule has 3 N–H and O–H groups in total. The number of aliphatic hydroxyl groups excluding tert-OH is 1. The summed E-state index contributed by atoms with van der Waals surface area (Å²) in [6.07, 6.45) is 2.72. The van der Waals surface area contributed by atoms with E-state index >= 15 is 0 Å². The van der Waals surface area contributed by atoms with Crippen molar-refractivity contribution in [1.82, 2.24) is 10.6 Å². The summed E-state index contributed by atoms with van der Waals surface area (Å²) in [5.41, 5.74) is 0. The van der Waals surface area contributed by atoms with Crippen LogP contribution in [0.1, 0.15) is 12.8 Å². The Labute approximate surface area is 67.0 Å². The van der Waals surface area contributed by atoms with Crippen molar-refractivity contribution in [2.24, 2.45) is 0 Å². The second-order valence-corrected chi connectivity index (χ2v) is 2.25. The summed E-state index contributed by atoms with van der Waals surface area (Å²) >= 11 is 0. The largest absolute Gasteiger partial charge is 0.395 e. The number of hydrogen-bond donors (Lipinski definition) is 3. The Morgan fingerprint density at radius 2 is 1.91 bits per heavy atom. The molecule has 0 fully saturated rings. The van der Waals surface area contributed by atoms with Crippen LogP contribution in [0.3, 0.4) is 0 Å². The molecule has 0 aliphatic rings. The summed E-state index contributed by atoms with van der Waals surface area (Å²) in [4.78, 5) is 9.78. The van der Waals surface area contributed by atoms with Gasteiger partial charge in [-0.2, -0.15) is 0 Å². The van der Waals surface area contributed by atoms with E-state index in [1.165, 1.54) is 0 Å². The van der Waals surface area contributed by atoms with Crippen LogP contribution in [0.15, 0.2) is 0 Å². The zero-order valence-corrected chi connectivity index (χ0v) is 6.68. The molecule has 0 aromatic heterocycles. The first-order chi connectivity index (χ1) is 5.41. The van der Waals surface area contributed by atoms with Gasteiger partial charge in [0.1, 0.15) is 0 Å². The fourth-order valence-electron chi connectivity index (χ4n) is 0.740. The summed E-state index contributed by atoms with van der Waals surface area (Å²) in [5, 5.41) is 14.0. The highest BCUT2D eigenvalue weighted by molar-refractivity contribution is 5.45. The number of carbonyl (C=O) groups is 1. The highest BCUT2D eigenvalue weighted by Gasteiger charge is 1.86. The predicted molar refractivity (Wildman–Crippen MR) is 43.3 cm³/mol. The quantitative estimate of drug-likeness (QED) is 0.318. The molecule has 11 heavy (non-hydrogen) atoms. The van der Waals surface area contributed by atoms with E-state index in [9.17, 15) is 4.79 Å². The lowest BCUT2D eigenvalue weighted by Gasteiger charge is -2.01. The van der Waals surface area contributed by atoms with E-state index in [1.54, 1.807) is 0 Å². The van der Waals surface area contributed by atoms with Gasteiger partial charge >= 0.3 is 0 Å². The summed E-state index contributed by atoms with van der Waals surface area (Å²) in [5.74, 6) is 0. The van der Waals surface area contributed by atoms with Crippen molar-refractivity contribution in [1.29, 1.82) is 0 Å². The Hall–Kier alpha value is -0.610. The molecular formula is C7H16N2O2. The highest BCUT2D eigenvalue weighted by Crippen LogP contribution is 1.82.